The van der Waals surface area contributed by atoms with E-state index >= 15 is 0 Å². The second-order valence-corrected chi connectivity index (χ2v) is 5.49. The number of hydrogen-bond donors (Lipinski definition) is 2. The maximum absolute atomic E-state index is 5.62. The number of halogens is 2. The summed E-state index contributed by atoms with van der Waals surface area (Å²) in [5, 5.41) is 0. The molecule has 1 unspecified atom stereocenters. The zero-order chi connectivity index (χ0) is 12.3. The van der Waals surface area contributed by atoms with Crippen LogP contribution in [0, 0.1) is 0 Å². The van der Waals surface area contributed by atoms with Crippen LogP contribution in [0.3, 0.4) is 0 Å². The van der Waals surface area contributed by atoms with E-state index in [1.54, 1.807) is 6.20 Å². The van der Waals surface area contributed by atoms with Crippen molar-refractivity contribution in [2.75, 3.05) is 6.61 Å². The second kappa shape index (κ2) is 5.95. The molecule has 6 heteroatoms. The largest absolute Gasteiger partial charge is 0.496 e. The maximum Gasteiger partial charge on any atom is 0.121 e. The number of rotatable bonds is 3. The Kier molecular flexibility index (Phi) is 4.55. The first-order valence-corrected chi connectivity index (χ1v) is 6.91. The van der Waals surface area contributed by atoms with Gasteiger partial charge >= 0.3 is 0 Å². The molecule has 3 N–H and O–H groups in total. The van der Waals surface area contributed by atoms with E-state index in [4.69, 9.17) is 10.6 Å². The van der Waals surface area contributed by atoms with Crippen molar-refractivity contribution in [3.63, 3.8) is 0 Å². The zero-order valence-corrected chi connectivity index (χ0v) is 12.3. The molecule has 92 valence electrons. The number of nitrogens with one attached hydrogen (secondary N) is 1. The summed E-state index contributed by atoms with van der Waals surface area (Å²) in [5.41, 5.74) is 3.57. The van der Waals surface area contributed by atoms with E-state index in [0.717, 1.165) is 39.8 Å². The third-order valence-corrected chi connectivity index (χ3v) is 3.59. The maximum atomic E-state index is 5.62. The zero-order valence-electron chi connectivity index (χ0n) is 9.12. The average Bonchev–Trinajstić information content (AvgIpc) is 2.34. The first-order chi connectivity index (χ1) is 8.22. The standard InChI is InChI=1S/C11H13Br2N3O/c12-7-5-8(13)10(15-6-7)11(16-14)9-3-1-2-4-17-9/h3,5-6,11,16H,1-2,4,14H2. The molecule has 1 aromatic rings. The van der Waals surface area contributed by atoms with Crippen molar-refractivity contribution < 1.29 is 4.74 Å². The van der Waals surface area contributed by atoms with Gasteiger partial charge in [0.1, 0.15) is 11.8 Å². The van der Waals surface area contributed by atoms with Gasteiger partial charge < -0.3 is 4.74 Å². The van der Waals surface area contributed by atoms with Gasteiger partial charge in [-0.2, -0.15) is 0 Å². The highest BCUT2D eigenvalue weighted by atomic mass is 79.9. The molecule has 1 aliphatic rings. The summed E-state index contributed by atoms with van der Waals surface area (Å²) in [6.45, 7) is 0.734. The summed E-state index contributed by atoms with van der Waals surface area (Å²) in [6.07, 6.45) is 5.87. The first kappa shape index (κ1) is 13.0. The third kappa shape index (κ3) is 3.07. The number of ether oxygens (including phenoxy) is 1. The molecule has 0 aliphatic carbocycles. The molecule has 17 heavy (non-hydrogen) atoms. The molecule has 0 aromatic carbocycles. The predicted octanol–water partition coefficient (Wildman–Crippen LogP) is 2.81. The molecule has 4 nitrogen and oxygen atoms in total. The minimum Gasteiger partial charge on any atom is -0.496 e. The highest BCUT2D eigenvalue weighted by Gasteiger charge is 2.22. The van der Waals surface area contributed by atoms with Crippen LogP contribution >= 0.6 is 31.9 Å². The number of hydrogen-bond acceptors (Lipinski definition) is 4. The van der Waals surface area contributed by atoms with E-state index in [-0.39, 0.29) is 6.04 Å². The molecular weight excluding hydrogens is 350 g/mol. The van der Waals surface area contributed by atoms with Crippen molar-refractivity contribution in [1.82, 2.24) is 10.4 Å². The summed E-state index contributed by atoms with van der Waals surface area (Å²) in [4.78, 5) is 4.37. The Morgan fingerprint density at radius 1 is 1.47 bits per heavy atom. The molecule has 1 aromatic heterocycles. The SMILES string of the molecule is NNC(C1=CCCCO1)c1ncc(Br)cc1Br. The third-order valence-electron chi connectivity index (χ3n) is 2.52. The minimum absolute atomic E-state index is 0.210. The molecule has 0 saturated carbocycles. The molecule has 0 bridgehead atoms. The summed E-state index contributed by atoms with van der Waals surface area (Å²) in [7, 11) is 0. The highest BCUT2D eigenvalue weighted by Crippen LogP contribution is 2.30. The summed E-state index contributed by atoms with van der Waals surface area (Å²) in [6, 6.07) is 1.73. The predicted molar refractivity (Wildman–Crippen MR) is 73.0 cm³/mol. The van der Waals surface area contributed by atoms with Crippen molar-refractivity contribution in [2.24, 2.45) is 5.84 Å². The van der Waals surface area contributed by atoms with Gasteiger partial charge in [-0.05, 0) is 56.8 Å². The van der Waals surface area contributed by atoms with E-state index in [1.807, 2.05) is 6.07 Å². The van der Waals surface area contributed by atoms with Crippen LogP contribution in [0.25, 0.3) is 0 Å². The lowest BCUT2D eigenvalue weighted by molar-refractivity contribution is 0.167. The Morgan fingerprint density at radius 2 is 2.29 bits per heavy atom. The van der Waals surface area contributed by atoms with Crippen LogP contribution in [-0.4, -0.2) is 11.6 Å². The van der Waals surface area contributed by atoms with Gasteiger partial charge in [-0.3, -0.25) is 10.8 Å². The molecule has 0 saturated heterocycles. The number of hydrazine groups is 1. The minimum atomic E-state index is -0.210. The normalized spacial score (nSPS) is 17.2. The van der Waals surface area contributed by atoms with Crippen molar-refractivity contribution in [2.45, 2.75) is 18.9 Å². The Bertz CT molecular complexity index is 437. The highest BCUT2D eigenvalue weighted by molar-refractivity contribution is 9.11. The lowest BCUT2D eigenvalue weighted by Crippen LogP contribution is -2.32. The van der Waals surface area contributed by atoms with Gasteiger partial charge in [-0.1, -0.05) is 0 Å². The lowest BCUT2D eigenvalue weighted by atomic mass is 10.1. The van der Waals surface area contributed by atoms with Crippen molar-refractivity contribution in [3.05, 3.63) is 38.7 Å². The van der Waals surface area contributed by atoms with Gasteiger partial charge in [0.15, 0.2) is 0 Å². The van der Waals surface area contributed by atoms with Crippen LogP contribution < -0.4 is 11.3 Å². The van der Waals surface area contributed by atoms with Crippen LogP contribution in [0.5, 0.6) is 0 Å². The smallest absolute Gasteiger partial charge is 0.121 e. The van der Waals surface area contributed by atoms with Crippen molar-refractivity contribution >= 4 is 31.9 Å². The van der Waals surface area contributed by atoms with Gasteiger partial charge in [-0.25, -0.2) is 5.43 Å². The van der Waals surface area contributed by atoms with Gasteiger partial charge in [0.2, 0.25) is 0 Å². The van der Waals surface area contributed by atoms with E-state index in [1.165, 1.54) is 0 Å². The molecule has 0 amide bonds. The van der Waals surface area contributed by atoms with Crippen LogP contribution in [0.1, 0.15) is 24.6 Å². The quantitative estimate of drug-likeness (QED) is 0.641. The Hall–Kier alpha value is -0.430. The lowest BCUT2D eigenvalue weighted by Gasteiger charge is -2.23. The van der Waals surface area contributed by atoms with Crippen LogP contribution in [0.15, 0.2) is 33.0 Å². The van der Waals surface area contributed by atoms with Crippen LogP contribution in [0.2, 0.25) is 0 Å². The van der Waals surface area contributed by atoms with E-state index in [9.17, 15) is 0 Å². The fourth-order valence-corrected chi connectivity index (χ4v) is 2.93. The number of aromatic nitrogens is 1. The summed E-state index contributed by atoms with van der Waals surface area (Å²) < 4.78 is 7.43. The van der Waals surface area contributed by atoms with Crippen LogP contribution in [-0.2, 0) is 4.74 Å². The van der Waals surface area contributed by atoms with Crippen LogP contribution in [0.4, 0.5) is 0 Å². The molecule has 0 radical (unpaired) electrons. The molecule has 0 spiro atoms. The molecule has 2 rings (SSSR count). The fraction of sp³-hybridized carbons (Fsp3) is 0.364. The fourth-order valence-electron chi connectivity index (χ4n) is 1.71. The number of pyridine rings is 1. The van der Waals surface area contributed by atoms with E-state index < -0.39 is 0 Å². The number of nitrogens with zero attached hydrogens (tertiary/aromatic N) is 1. The first-order valence-electron chi connectivity index (χ1n) is 5.32. The number of allylic oxidation sites excluding steroid dienone is 1. The topological polar surface area (TPSA) is 60.2 Å². The molecule has 0 fully saturated rings. The molecular formula is C11H13Br2N3O. The van der Waals surface area contributed by atoms with Gasteiger partial charge in [-0.15, -0.1) is 0 Å². The van der Waals surface area contributed by atoms with Crippen molar-refractivity contribution in [3.8, 4) is 0 Å². The molecule has 2 heterocycles. The van der Waals surface area contributed by atoms with E-state index in [2.05, 4.69) is 48.3 Å². The summed E-state index contributed by atoms with van der Waals surface area (Å²) in [5.74, 6) is 6.44. The Morgan fingerprint density at radius 3 is 2.88 bits per heavy atom. The Balaban J connectivity index is 2.31. The number of nitrogens with two attached hydrogens (primary N) is 1. The monoisotopic (exact) mass is 361 g/mol. The Labute approximate surface area is 117 Å². The van der Waals surface area contributed by atoms with Crippen molar-refractivity contribution in [1.29, 1.82) is 0 Å². The molecule has 1 atom stereocenters. The summed E-state index contributed by atoms with van der Waals surface area (Å²) >= 11 is 6.86. The molecule has 1 aliphatic heterocycles. The average molecular weight is 363 g/mol. The van der Waals surface area contributed by atoms with Gasteiger partial charge in [0, 0.05) is 15.1 Å². The van der Waals surface area contributed by atoms with Gasteiger partial charge in [0.05, 0.1) is 12.3 Å². The van der Waals surface area contributed by atoms with E-state index in [0.29, 0.717) is 0 Å². The second-order valence-electron chi connectivity index (χ2n) is 3.72. The van der Waals surface area contributed by atoms with Gasteiger partial charge in [0.25, 0.3) is 0 Å².